The molecule has 2 aromatic rings. The Bertz CT molecular complexity index is 490. The van der Waals surface area contributed by atoms with Crippen molar-refractivity contribution in [2.75, 3.05) is 0 Å². The van der Waals surface area contributed by atoms with Crippen LogP contribution in [0.1, 0.15) is 29.8 Å². The second-order valence-corrected chi connectivity index (χ2v) is 4.46. The lowest BCUT2D eigenvalue weighted by atomic mass is 10.1. The van der Waals surface area contributed by atoms with Crippen molar-refractivity contribution >= 4 is 0 Å². The van der Waals surface area contributed by atoms with Gasteiger partial charge in [-0.1, -0.05) is 24.3 Å². The standard InChI is InChI=1S/C14H19N3O/c1-11(14-7-8-16-17(14)2)15-9-12-3-5-13(10-18)6-4-12/h3-8,11,15,18H,9-10H2,1-2H3. The predicted molar refractivity (Wildman–Crippen MR) is 70.8 cm³/mol. The molecule has 0 fully saturated rings. The molecular weight excluding hydrogens is 226 g/mol. The Morgan fingerprint density at radius 2 is 1.89 bits per heavy atom. The molecule has 18 heavy (non-hydrogen) atoms. The van der Waals surface area contributed by atoms with E-state index in [2.05, 4.69) is 17.3 Å². The minimum Gasteiger partial charge on any atom is -0.392 e. The molecule has 0 aliphatic heterocycles. The smallest absolute Gasteiger partial charge is 0.0681 e. The zero-order chi connectivity index (χ0) is 13.0. The van der Waals surface area contributed by atoms with Crippen molar-refractivity contribution < 1.29 is 5.11 Å². The molecular formula is C14H19N3O. The fraction of sp³-hybridized carbons (Fsp3) is 0.357. The zero-order valence-corrected chi connectivity index (χ0v) is 10.8. The van der Waals surface area contributed by atoms with Crippen LogP contribution in [-0.4, -0.2) is 14.9 Å². The Balaban J connectivity index is 1.93. The topological polar surface area (TPSA) is 50.1 Å². The molecule has 0 saturated heterocycles. The number of aliphatic hydroxyl groups excluding tert-OH is 1. The van der Waals surface area contributed by atoms with Gasteiger partial charge >= 0.3 is 0 Å². The summed E-state index contributed by atoms with van der Waals surface area (Å²) in [5, 5.41) is 16.6. The van der Waals surface area contributed by atoms with E-state index in [4.69, 9.17) is 5.11 Å². The number of aliphatic hydroxyl groups is 1. The van der Waals surface area contributed by atoms with E-state index in [-0.39, 0.29) is 12.6 Å². The van der Waals surface area contributed by atoms with Gasteiger partial charge in [0.05, 0.1) is 12.3 Å². The monoisotopic (exact) mass is 245 g/mol. The van der Waals surface area contributed by atoms with Crippen molar-refractivity contribution in [3.8, 4) is 0 Å². The third-order valence-corrected chi connectivity index (χ3v) is 3.12. The number of benzene rings is 1. The zero-order valence-electron chi connectivity index (χ0n) is 10.8. The molecule has 1 aromatic carbocycles. The predicted octanol–water partition coefficient (Wildman–Crippen LogP) is 1.76. The number of nitrogens with zero attached hydrogens (tertiary/aromatic N) is 2. The van der Waals surface area contributed by atoms with Crippen molar-refractivity contribution in [3.05, 3.63) is 53.3 Å². The van der Waals surface area contributed by atoms with Gasteiger partial charge in [-0.25, -0.2) is 0 Å². The molecule has 1 aromatic heterocycles. The highest BCUT2D eigenvalue weighted by Gasteiger charge is 2.08. The first-order valence-electron chi connectivity index (χ1n) is 6.10. The van der Waals surface area contributed by atoms with Crippen molar-refractivity contribution in [3.63, 3.8) is 0 Å². The quantitative estimate of drug-likeness (QED) is 0.844. The fourth-order valence-corrected chi connectivity index (χ4v) is 1.95. The molecule has 0 aliphatic carbocycles. The summed E-state index contributed by atoms with van der Waals surface area (Å²) in [6.07, 6.45) is 1.81. The van der Waals surface area contributed by atoms with Gasteiger partial charge in [-0.2, -0.15) is 5.10 Å². The molecule has 0 amide bonds. The number of aromatic nitrogens is 2. The fourth-order valence-electron chi connectivity index (χ4n) is 1.95. The maximum absolute atomic E-state index is 8.98. The first-order chi connectivity index (χ1) is 8.70. The van der Waals surface area contributed by atoms with Gasteiger partial charge in [-0.15, -0.1) is 0 Å². The molecule has 2 N–H and O–H groups in total. The van der Waals surface area contributed by atoms with Gasteiger partial charge in [0, 0.05) is 25.8 Å². The number of rotatable bonds is 5. The Morgan fingerprint density at radius 1 is 1.22 bits per heavy atom. The average molecular weight is 245 g/mol. The maximum atomic E-state index is 8.98. The second-order valence-electron chi connectivity index (χ2n) is 4.46. The number of hydrogen-bond donors (Lipinski definition) is 2. The summed E-state index contributed by atoms with van der Waals surface area (Å²) in [7, 11) is 1.95. The van der Waals surface area contributed by atoms with E-state index in [1.807, 2.05) is 48.3 Å². The SMILES string of the molecule is CC(NCc1ccc(CO)cc1)c1ccnn1C. The lowest BCUT2D eigenvalue weighted by Gasteiger charge is -2.14. The van der Waals surface area contributed by atoms with Crippen molar-refractivity contribution in [2.45, 2.75) is 26.1 Å². The highest BCUT2D eigenvalue weighted by Crippen LogP contribution is 2.12. The summed E-state index contributed by atoms with van der Waals surface area (Å²) in [4.78, 5) is 0. The Hall–Kier alpha value is -1.65. The van der Waals surface area contributed by atoms with Crippen molar-refractivity contribution in [2.24, 2.45) is 7.05 Å². The lowest BCUT2D eigenvalue weighted by Crippen LogP contribution is -2.20. The summed E-state index contributed by atoms with van der Waals surface area (Å²) in [5.74, 6) is 0. The Morgan fingerprint density at radius 3 is 2.44 bits per heavy atom. The summed E-state index contributed by atoms with van der Waals surface area (Å²) >= 11 is 0. The largest absolute Gasteiger partial charge is 0.392 e. The van der Waals surface area contributed by atoms with Crippen molar-refractivity contribution in [1.82, 2.24) is 15.1 Å². The molecule has 2 rings (SSSR count). The van der Waals surface area contributed by atoms with Gasteiger partial charge < -0.3 is 10.4 Å². The highest BCUT2D eigenvalue weighted by molar-refractivity contribution is 5.22. The van der Waals surface area contributed by atoms with Crippen LogP contribution in [0.25, 0.3) is 0 Å². The van der Waals surface area contributed by atoms with Crippen LogP contribution in [0.4, 0.5) is 0 Å². The van der Waals surface area contributed by atoms with Gasteiger partial charge in [0.2, 0.25) is 0 Å². The summed E-state index contributed by atoms with van der Waals surface area (Å²) in [6, 6.07) is 10.3. The Kier molecular flexibility index (Phi) is 4.12. The molecule has 1 heterocycles. The summed E-state index contributed by atoms with van der Waals surface area (Å²) in [6.45, 7) is 3.02. The van der Waals surface area contributed by atoms with E-state index in [0.29, 0.717) is 0 Å². The minimum absolute atomic E-state index is 0.0964. The molecule has 1 atom stereocenters. The maximum Gasteiger partial charge on any atom is 0.0681 e. The molecule has 0 saturated carbocycles. The lowest BCUT2D eigenvalue weighted by molar-refractivity contribution is 0.282. The van der Waals surface area contributed by atoms with Gasteiger partial charge in [0.1, 0.15) is 0 Å². The molecule has 0 radical (unpaired) electrons. The van der Waals surface area contributed by atoms with Gasteiger partial charge in [0.25, 0.3) is 0 Å². The van der Waals surface area contributed by atoms with E-state index in [9.17, 15) is 0 Å². The molecule has 96 valence electrons. The molecule has 4 heteroatoms. The van der Waals surface area contributed by atoms with Crippen LogP contribution in [0.2, 0.25) is 0 Å². The van der Waals surface area contributed by atoms with Crippen LogP contribution in [0.15, 0.2) is 36.5 Å². The van der Waals surface area contributed by atoms with Gasteiger partial charge in [0.15, 0.2) is 0 Å². The molecule has 0 bridgehead atoms. The number of nitrogens with one attached hydrogen (secondary N) is 1. The normalized spacial score (nSPS) is 12.6. The second kappa shape index (κ2) is 5.80. The first kappa shape index (κ1) is 12.8. The average Bonchev–Trinajstić information content (AvgIpc) is 2.83. The highest BCUT2D eigenvalue weighted by atomic mass is 16.3. The molecule has 0 aliphatic rings. The van der Waals surface area contributed by atoms with E-state index in [0.717, 1.165) is 12.1 Å². The van der Waals surface area contributed by atoms with E-state index in [1.165, 1.54) is 11.3 Å². The number of aryl methyl sites for hydroxylation is 1. The van der Waals surface area contributed by atoms with Crippen LogP contribution in [0, 0.1) is 0 Å². The van der Waals surface area contributed by atoms with Crippen LogP contribution >= 0.6 is 0 Å². The van der Waals surface area contributed by atoms with E-state index in [1.54, 1.807) is 0 Å². The minimum atomic E-state index is 0.0964. The van der Waals surface area contributed by atoms with Crippen molar-refractivity contribution in [1.29, 1.82) is 0 Å². The Labute approximate surface area is 107 Å². The van der Waals surface area contributed by atoms with Crippen LogP contribution in [0.5, 0.6) is 0 Å². The molecule has 0 spiro atoms. The first-order valence-corrected chi connectivity index (χ1v) is 6.10. The summed E-state index contributed by atoms with van der Waals surface area (Å²) < 4.78 is 1.88. The molecule has 1 unspecified atom stereocenters. The molecule has 4 nitrogen and oxygen atoms in total. The number of hydrogen-bond acceptors (Lipinski definition) is 3. The summed E-state index contributed by atoms with van der Waals surface area (Å²) in [5.41, 5.74) is 3.32. The van der Waals surface area contributed by atoms with Crippen LogP contribution < -0.4 is 5.32 Å². The van der Waals surface area contributed by atoms with Gasteiger partial charge in [-0.3, -0.25) is 4.68 Å². The van der Waals surface area contributed by atoms with E-state index >= 15 is 0 Å². The third-order valence-electron chi connectivity index (χ3n) is 3.12. The van der Waals surface area contributed by atoms with Gasteiger partial charge in [-0.05, 0) is 24.1 Å². The third kappa shape index (κ3) is 2.97. The van der Waals surface area contributed by atoms with E-state index < -0.39 is 0 Å². The van der Waals surface area contributed by atoms with Crippen LogP contribution in [-0.2, 0) is 20.2 Å². The van der Waals surface area contributed by atoms with Crippen LogP contribution in [0.3, 0.4) is 0 Å².